The minimum absolute atomic E-state index is 0.564. The van der Waals surface area contributed by atoms with Crippen LogP contribution in [-0.2, 0) is 0 Å². The second kappa shape index (κ2) is 5.96. The molecule has 1 aliphatic rings. The Morgan fingerprint density at radius 3 is 2.55 bits per heavy atom. The number of aryl methyl sites for hydroxylation is 1. The molecule has 0 bridgehead atoms. The lowest BCUT2D eigenvalue weighted by Gasteiger charge is -2.30. The Balaban J connectivity index is 2.08. The molecule has 106 valence electrons. The van der Waals surface area contributed by atoms with Crippen LogP contribution in [0.1, 0.15) is 31.4 Å². The first-order chi connectivity index (χ1) is 9.81. The van der Waals surface area contributed by atoms with Gasteiger partial charge < -0.3 is 4.90 Å². The third kappa shape index (κ3) is 2.47. The zero-order chi connectivity index (χ0) is 13.9. The van der Waals surface area contributed by atoms with Crippen LogP contribution >= 0.6 is 11.6 Å². The molecule has 3 rings (SSSR count). The van der Waals surface area contributed by atoms with Crippen LogP contribution in [0.3, 0.4) is 0 Å². The van der Waals surface area contributed by atoms with Crippen molar-refractivity contribution in [3.63, 3.8) is 0 Å². The highest BCUT2D eigenvalue weighted by molar-refractivity contribution is 6.18. The number of rotatable bonds is 4. The van der Waals surface area contributed by atoms with Crippen LogP contribution in [0.5, 0.6) is 0 Å². The third-order valence-corrected chi connectivity index (χ3v) is 4.38. The van der Waals surface area contributed by atoms with Crippen molar-refractivity contribution in [1.82, 2.24) is 10.2 Å². The van der Waals surface area contributed by atoms with Crippen molar-refractivity contribution in [3.8, 4) is 0 Å². The summed E-state index contributed by atoms with van der Waals surface area (Å²) in [6.07, 6.45) is 5.09. The lowest BCUT2D eigenvalue weighted by molar-refractivity contribution is 0.612. The standard InChI is InChI=1S/C16H20ClN3/c1-12-14-8-4-5-9-15(14)16(19-18-12)20(11-10-17)13-6-2-3-7-13/h4-5,8-9,13H,2-3,6-7,10-11H2,1H3. The molecule has 1 aromatic carbocycles. The Kier molecular flexibility index (Phi) is 4.06. The average molecular weight is 290 g/mol. The van der Waals surface area contributed by atoms with Gasteiger partial charge in [-0.25, -0.2) is 0 Å². The van der Waals surface area contributed by atoms with Gasteiger partial charge in [-0.3, -0.25) is 0 Å². The van der Waals surface area contributed by atoms with E-state index in [1.54, 1.807) is 0 Å². The predicted molar refractivity (Wildman–Crippen MR) is 84.6 cm³/mol. The maximum absolute atomic E-state index is 6.02. The monoisotopic (exact) mass is 289 g/mol. The highest BCUT2D eigenvalue weighted by atomic mass is 35.5. The topological polar surface area (TPSA) is 29.0 Å². The van der Waals surface area contributed by atoms with E-state index >= 15 is 0 Å². The van der Waals surface area contributed by atoms with Gasteiger partial charge in [-0.15, -0.1) is 16.7 Å². The van der Waals surface area contributed by atoms with Crippen LogP contribution in [0.15, 0.2) is 24.3 Å². The van der Waals surface area contributed by atoms with E-state index < -0.39 is 0 Å². The molecule has 4 heteroatoms. The molecule has 1 aromatic heterocycles. The Morgan fingerprint density at radius 2 is 1.85 bits per heavy atom. The van der Waals surface area contributed by atoms with Gasteiger partial charge in [0.25, 0.3) is 0 Å². The fourth-order valence-corrected chi connectivity index (χ4v) is 3.39. The SMILES string of the molecule is Cc1nnc(N(CCCl)C2CCCC2)c2ccccc12. The molecular weight excluding hydrogens is 270 g/mol. The quantitative estimate of drug-likeness (QED) is 0.799. The molecule has 0 saturated heterocycles. The lowest BCUT2D eigenvalue weighted by atomic mass is 10.1. The highest BCUT2D eigenvalue weighted by Gasteiger charge is 2.25. The van der Waals surface area contributed by atoms with Gasteiger partial charge in [0.2, 0.25) is 0 Å². The summed E-state index contributed by atoms with van der Waals surface area (Å²) in [5.74, 6) is 1.62. The predicted octanol–water partition coefficient (Wildman–Crippen LogP) is 3.93. The summed E-state index contributed by atoms with van der Waals surface area (Å²) < 4.78 is 0. The van der Waals surface area contributed by atoms with Crippen LogP contribution in [0, 0.1) is 6.92 Å². The van der Waals surface area contributed by atoms with Crippen molar-refractivity contribution >= 4 is 28.2 Å². The molecule has 1 heterocycles. The van der Waals surface area contributed by atoms with Gasteiger partial charge in [0, 0.05) is 29.2 Å². The number of anilines is 1. The van der Waals surface area contributed by atoms with Gasteiger partial charge in [0.05, 0.1) is 5.69 Å². The summed E-state index contributed by atoms with van der Waals surface area (Å²) in [7, 11) is 0. The van der Waals surface area contributed by atoms with Gasteiger partial charge in [-0.2, -0.15) is 5.10 Å². The van der Waals surface area contributed by atoms with Crippen molar-refractivity contribution < 1.29 is 0 Å². The van der Waals surface area contributed by atoms with Gasteiger partial charge >= 0.3 is 0 Å². The molecule has 0 atom stereocenters. The number of halogens is 1. The molecular formula is C16H20ClN3. The number of aromatic nitrogens is 2. The Morgan fingerprint density at radius 1 is 1.15 bits per heavy atom. The maximum atomic E-state index is 6.02. The van der Waals surface area contributed by atoms with Crippen LogP contribution in [0.2, 0.25) is 0 Å². The molecule has 0 amide bonds. The highest BCUT2D eigenvalue weighted by Crippen LogP contribution is 2.31. The Labute approximate surface area is 124 Å². The Bertz CT molecular complexity index is 593. The average Bonchev–Trinajstić information content (AvgIpc) is 3.00. The van der Waals surface area contributed by atoms with E-state index in [1.165, 1.54) is 36.5 Å². The molecule has 2 aromatic rings. The van der Waals surface area contributed by atoms with Crippen LogP contribution in [0.4, 0.5) is 5.82 Å². The van der Waals surface area contributed by atoms with Gasteiger partial charge in [0.1, 0.15) is 0 Å². The fourth-order valence-electron chi connectivity index (χ4n) is 3.20. The maximum Gasteiger partial charge on any atom is 0.159 e. The summed E-state index contributed by atoms with van der Waals surface area (Å²) in [5, 5.41) is 11.2. The van der Waals surface area contributed by atoms with E-state index in [2.05, 4.69) is 39.4 Å². The van der Waals surface area contributed by atoms with E-state index in [-0.39, 0.29) is 0 Å². The summed E-state index contributed by atoms with van der Waals surface area (Å²) in [4.78, 5) is 2.37. The fraction of sp³-hybridized carbons (Fsp3) is 0.500. The van der Waals surface area contributed by atoms with Gasteiger partial charge in [0.15, 0.2) is 5.82 Å². The minimum atomic E-state index is 0.564. The zero-order valence-corrected chi connectivity index (χ0v) is 12.6. The normalized spacial score (nSPS) is 15.9. The molecule has 0 radical (unpaired) electrons. The largest absolute Gasteiger partial charge is 0.350 e. The number of benzene rings is 1. The summed E-state index contributed by atoms with van der Waals surface area (Å²) in [6.45, 7) is 2.86. The third-order valence-electron chi connectivity index (χ3n) is 4.22. The zero-order valence-electron chi connectivity index (χ0n) is 11.8. The molecule has 1 aliphatic carbocycles. The summed E-state index contributed by atoms with van der Waals surface area (Å²) in [6, 6.07) is 8.95. The summed E-state index contributed by atoms with van der Waals surface area (Å²) >= 11 is 6.02. The minimum Gasteiger partial charge on any atom is -0.350 e. The van der Waals surface area contributed by atoms with E-state index in [4.69, 9.17) is 11.6 Å². The number of alkyl halides is 1. The van der Waals surface area contributed by atoms with E-state index in [0.717, 1.165) is 18.1 Å². The molecule has 1 fully saturated rings. The first kappa shape index (κ1) is 13.6. The van der Waals surface area contributed by atoms with Crippen LogP contribution in [-0.4, -0.2) is 28.7 Å². The van der Waals surface area contributed by atoms with Gasteiger partial charge in [-0.1, -0.05) is 37.1 Å². The first-order valence-corrected chi connectivity index (χ1v) is 7.89. The molecule has 0 spiro atoms. The number of nitrogens with zero attached hydrogens (tertiary/aromatic N) is 3. The summed E-state index contributed by atoms with van der Waals surface area (Å²) in [5.41, 5.74) is 0.988. The number of hydrogen-bond acceptors (Lipinski definition) is 3. The second-order valence-electron chi connectivity index (χ2n) is 5.48. The smallest absolute Gasteiger partial charge is 0.159 e. The number of fused-ring (bicyclic) bond motifs is 1. The van der Waals surface area contributed by atoms with E-state index in [1.807, 2.05) is 6.92 Å². The van der Waals surface area contributed by atoms with Crippen molar-refractivity contribution in [1.29, 1.82) is 0 Å². The van der Waals surface area contributed by atoms with Crippen LogP contribution in [0.25, 0.3) is 10.8 Å². The second-order valence-corrected chi connectivity index (χ2v) is 5.85. The van der Waals surface area contributed by atoms with Crippen molar-refractivity contribution in [2.24, 2.45) is 0 Å². The molecule has 0 unspecified atom stereocenters. The van der Waals surface area contributed by atoms with Crippen molar-refractivity contribution in [3.05, 3.63) is 30.0 Å². The Hall–Kier alpha value is -1.35. The molecule has 0 aliphatic heterocycles. The van der Waals surface area contributed by atoms with Crippen molar-refractivity contribution in [2.75, 3.05) is 17.3 Å². The van der Waals surface area contributed by atoms with Crippen molar-refractivity contribution in [2.45, 2.75) is 38.6 Å². The number of hydrogen-bond donors (Lipinski definition) is 0. The van der Waals surface area contributed by atoms with E-state index in [0.29, 0.717) is 11.9 Å². The lowest BCUT2D eigenvalue weighted by Crippen LogP contribution is -2.36. The van der Waals surface area contributed by atoms with Crippen LogP contribution < -0.4 is 4.90 Å². The molecule has 1 saturated carbocycles. The van der Waals surface area contributed by atoms with Gasteiger partial charge in [-0.05, 0) is 19.8 Å². The first-order valence-electron chi connectivity index (χ1n) is 7.36. The molecule has 3 nitrogen and oxygen atoms in total. The van der Waals surface area contributed by atoms with E-state index in [9.17, 15) is 0 Å². The molecule has 0 N–H and O–H groups in total. The molecule has 20 heavy (non-hydrogen) atoms.